The monoisotopic (exact) mass is 374 g/mol. The molecule has 3 rings (SSSR count). The largest absolute Gasteiger partial charge is 0.505 e. The van der Waals surface area contributed by atoms with Crippen molar-refractivity contribution < 1.29 is 13.9 Å². The van der Waals surface area contributed by atoms with Crippen molar-refractivity contribution in [3.8, 4) is 5.75 Å². The van der Waals surface area contributed by atoms with Gasteiger partial charge in [-0.2, -0.15) is 0 Å². The summed E-state index contributed by atoms with van der Waals surface area (Å²) in [5, 5.41) is 15.9. The molecule has 1 aliphatic rings. The highest BCUT2D eigenvalue weighted by atomic mass is 19.1. The normalized spacial score (nSPS) is 16.4. The molecule has 2 heterocycles. The van der Waals surface area contributed by atoms with Crippen LogP contribution in [0, 0.1) is 5.82 Å². The molecule has 146 valence electrons. The fourth-order valence-corrected chi connectivity index (χ4v) is 3.30. The molecule has 0 radical (unpaired) electrons. The summed E-state index contributed by atoms with van der Waals surface area (Å²) < 4.78 is 19.1. The molecular weight excluding hydrogens is 347 g/mol. The molecule has 2 aromatic rings. The molecule has 7 heteroatoms. The lowest BCUT2D eigenvalue weighted by Gasteiger charge is -2.26. The van der Waals surface area contributed by atoms with Gasteiger partial charge in [0, 0.05) is 13.1 Å². The molecule has 1 unspecified atom stereocenters. The summed E-state index contributed by atoms with van der Waals surface area (Å²) >= 11 is 0. The van der Waals surface area contributed by atoms with Gasteiger partial charge >= 0.3 is 0 Å². The molecule has 0 spiro atoms. The number of benzene rings is 1. The van der Waals surface area contributed by atoms with Crippen LogP contribution in [0.15, 0.2) is 46.0 Å². The standard InChI is InChI=1S/C20H27FN4O2/c1-2-22-20(23-13-15-7-8-18(26)16(21)12-15)24-14-17(19-6-5-11-27-19)25-9-3-4-10-25/h5-8,11-12,17,26H,2-4,9-10,13-14H2,1H3,(H2,22,23,24). The number of hydrogen-bond acceptors (Lipinski definition) is 4. The molecule has 1 fully saturated rings. The molecule has 0 aliphatic carbocycles. The van der Waals surface area contributed by atoms with Crippen LogP contribution in [0.2, 0.25) is 0 Å². The van der Waals surface area contributed by atoms with Gasteiger partial charge in [0.2, 0.25) is 0 Å². The number of aromatic hydroxyl groups is 1. The first kappa shape index (κ1) is 19.2. The van der Waals surface area contributed by atoms with Gasteiger partial charge in [-0.3, -0.25) is 4.90 Å². The maximum absolute atomic E-state index is 13.5. The Balaban J connectivity index is 1.65. The van der Waals surface area contributed by atoms with Crippen LogP contribution >= 0.6 is 0 Å². The van der Waals surface area contributed by atoms with Gasteiger partial charge in [-0.05, 0) is 62.7 Å². The van der Waals surface area contributed by atoms with Gasteiger partial charge in [0.15, 0.2) is 17.5 Å². The summed E-state index contributed by atoms with van der Waals surface area (Å²) in [6.07, 6.45) is 4.12. The third kappa shape index (κ3) is 5.23. The van der Waals surface area contributed by atoms with E-state index < -0.39 is 5.82 Å². The zero-order chi connectivity index (χ0) is 19.1. The maximum Gasteiger partial charge on any atom is 0.191 e. The van der Waals surface area contributed by atoms with Gasteiger partial charge in [-0.15, -0.1) is 0 Å². The molecule has 0 saturated carbocycles. The fourth-order valence-electron chi connectivity index (χ4n) is 3.30. The first-order chi connectivity index (χ1) is 13.2. The Kier molecular flexibility index (Phi) is 6.70. The summed E-state index contributed by atoms with van der Waals surface area (Å²) in [6, 6.07) is 8.39. The van der Waals surface area contributed by atoms with Crippen LogP contribution in [0.3, 0.4) is 0 Å². The van der Waals surface area contributed by atoms with E-state index >= 15 is 0 Å². The van der Waals surface area contributed by atoms with Gasteiger partial charge in [-0.1, -0.05) is 6.07 Å². The Morgan fingerprint density at radius 1 is 1.30 bits per heavy atom. The zero-order valence-corrected chi connectivity index (χ0v) is 15.6. The predicted molar refractivity (Wildman–Crippen MR) is 103 cm³/mol. The van der Waals surface area contributed by atoms with Crippen LogP contribution in [-0.2, 0) is 6.54 Å². The maximum atomic E-state index is 13.5. The van der Waals surface area contributed by atoms with Crippen molar-refractivity contribution in [1.29, 1.82) is 0 Å². The van der Waals surface area contributed by atoms with Crippen molar-refractivity contribution >= 4 is 5.96 Å². The molecule has 1 aliphatic heterocycles. The minimum absolute atomic E-state index is 0.150. The van der Waals surface area contributed by atoms with Crippen LogP contribution in [0.5, 0.6) is 5.75 Å². The Morgan fingerprint density at radius 2 is 2.11 bits per heavy atom. The number of likely N-dealkylation sites (tertiary alicyclic amines) is 1. The third-order valence-corrected chi connectivity index (χ3v) is 4.69. The lowest BCUT2D eigenvalue weighted by atomic mass is 10.2. The van der Waals surface area contributed by atoms with Gasteiger partial charge in [0.25, 0.3) is 0 Å². The summed E-state index contributed by atoms with van der Waals surface area (Å²) in [5.74, 6) is 0.634. The summed E-state index contributed by atoms with van der Waals surface area (Å²) in [4.78, 5) is 6.95. The lowest BCUT2D eigenvalue weighted by molar-refractivity contribution is 0.215. The molecule has 0 amide bonds. The number of halogens is 1. The Bertz CT molecular complexity index is 742. The number of phenols is 1. The number of nitrogens with zero attached hydrogens (tertiary/aromatic N) is 2. The molecule has 27 heavy (non-hydrogen) atoms. The number of phenolic OH excluding ortho intramolecular Hbond substituents is 1. The van der Waals surface area contributed by atoms with Crippen molar-refractivity contribution in [2.45, 2.75) is 32.4 Å². The molecule has 6 nitrogen and oxygen atoms in total. The van der Waals surface area contributed by atoms with E-state index in [9.17, 15) is 9.50 Å². The average molecular weight is 374 g/mol. The average Bonchev–Trinajstić information content (AvgIpc) is 3.37. The second kappa shape index (κ2) is 9.41. The quantitative estimate of drug-likeness (QED) is 0.513. The van der Waals surface area contributed by atoms with Crippen molar-refractivity contribution in [2.75, 3.05) is 26.2 Å². The topological polar surface area (TPSA) is 73.0 Å². The Morgan fingerprint density at radius 3 is 2.78 bits per heavy atom. The van der Waals surface area contributed by atoms with Crippen molar-refractivity contribution in [3.05, 3.63) is 53.7 Å². The number of hydrogen-bond donors (Lipinski definition) is 3. The highest BCUT2D eigenvalue weighted by Crippen LogP contribution is 2.24. The predicted octanol–water partition coefficient (Wildman–Crippen LogP) is 3.02. The van der Waals surface area contributed by atoms with E-state index in [4.69, 9.17) is 4.42 Å². The molecule has 3 N–H and O–H groups in total. The highest BCUT2D eigenvalue weighted by Gasteiger charge is 2.25. The first-order valence-electron chi connectivity index (χ1n) is 9.44. The second-order valence-corrected chi connectivity index (χ2v) is 6.64. The molecule has 1 saturated heterocycles. The molecule has 0 bridgehead atoms. The number of nitrogens with one attached hydrogen (secondary N) is 2. The van der Waals surface area contributed by atoms with E-state index in [0.717, 1.165) is 25.4 Å². The smallest absolute Gasteiger partial charge is 0.191 e. The van der Waals surface area contributed by atoms with E-state index in [1.165, 1.54) is 25.0 Å². The third-order valence-electron chi connectivity index (χ3n) is 4.69. The van der Waals surface area contributed by atoms with Crippen molar-refractivity contribution in [3.63, 3.8) is 0 Å². The van der Waals surface area contributed by atoms with Gasteiger partial charge < -0.3 is 20.2 Å². The number of aliphatic imine (C=N–C) groups is 1. The Hall–Kier alpha value is -2.54. The number of guanidine groups is 1. The summed E-state index contributed by atoms with van der Waals surface area (Å²) in [6.45, 7) is 5.85. The molecule has 1 atom stereocenters. The van der Waals surface area contributed by atoms with E-state index in [-0.39, 0.29) is 11.8 Å². The van der Waals surface area contributed by atoms with Gasteiger partial charge in [0.1, 0.15) is 5.76 Å². The van der Waals surface area contributed by atoms with Crippen LogP contribution in [0.4, 0.5) is 4.39 Å². The zero-order valence-electron chi connectivity index (χ0n) is 15.6. The SMILES string of the molecule is CCNC(=NCc1ccc(O)c(F)c1)NCC(c1ccco1)N1CCCC1. The lowest BCUT2D eigenvalue weighted by Crippen LogP contribution is -2.42. The Labute approximate surface area is 159 Å². The minimum Gasteiger partial charge on any atom is -0.505 e. The van der Waals surface area contributed by atoms with Crippen LogP contribution in [0.1, 0.15) is 37.1 Å². The van der Waals surface area contributed by atoms with Crippen molar-refractivity contribution in [1.82, 2.24) is 15.5 Å². The fraction of sp³-hybridized carbons (Fsp3) is 0.450. The summed E-state index contributed by atoms with van der Waals surface area (Å²) in [7, 11) is 0. The second-order valence-electron chi connectivity index (χ2n) is 6.64. The van der Waals surface area contributed by atoms with Crippen LogP contribution in [0.25, 0.3) is 0 Å². The van der Waals surface area contributed by atoms with E-state index in [1.54, 1.807) is 12.3 Å². The van der Waals surface area contributed by atoms with Gasteiger partial charge in [-0.25, -0.2) is 9.38 Å². The van der Waals surface area contributed by atoms with Crippen molar-refractivity contribution in [2.24, 2.45) is 4.99 Å². The molecule has 1 aromatic carbocycles. The number of rotatable bonds is 7. The van der Waals surface area contributed by atoms with Crippen LogP contribution < -0.4 is 10.6 Å². The van der Waals surface area contributed by atoms with E-state index in [2.05, 4.69) is 20.5 Å². The highest BCUT2D eigenvalue weighted by molar-refractivity contribution is 5.79. The first-order valence-corrected chi connectivity index (χ1v) is 9.44. The molecular formula is C20H27FN4O2. The van der Waals surface area contributed by atoms with Gasteiger partial charge in [0.05, 0.1) is 18.8 Å². The summed E-state index contributed by atoms with van der Waals surface area (Å²) in [5.41, 5.74) is 0.699. The van der Waals surface area contributed by atoms with E-state index in [0.29, 0.717) is 24.6 Å². The molecule has 1 aromatic heterocycles. The number of furan rings is 1. The van der Waals surface area contributed by atoms with E-state index in [1.807, 2.05) is 19.1 Å². The minimum atomic E-state index is -0.632. The van der Waals surface area contributed by atoms with Crippen LogP contribution in [-0.4, -0.2) is 42.1 Å².